The van der Waals surface area contributed by atoms with Crippen LogP contribution < -0.4 is 0 Å². The lowest BCUT2D eigenvalue weighted by atomic mass is 10.1. The Bertz CT molecular complexity index is 623. The van der Waals surface area contributed by atoms with Crippen molar-refractivity contribution in [2.24, 2.45) is 0 Å². The minimum atomic E-state index is -0.822. The van der Waals surface area contributed by atoms with Gasteiger partial charge in [-0.15, -0.1) is 0 Å². The van der Waals surface area contributed by atoms with Gasteiger partial charge in [0.25, 0.3) is 0 Å². The maximum Gasteiger partial charge on any atom is 0.339 e. The van der Waals surface area contributed by atoms with E-state index in [4.69, 9.17) is 4.74 Å². The van der Waals surface area contributed by atoms with Crippen LogP contribution in [0.5, 0.6) is 0 Å². The summed E-state index contributed by atoms with van der Waals surface area (Å²) < 4.78 is 5.86. The highest BCUT2D eigenvalue weighted by molar-refractivity contribution is 9.10. The molecular formula is C16H13BrO3. The average Bonchev–Trinajstić information content (AvgIpc) is 2.47. The maximum atomic E-state index is 12.1. The minimum Gasteiger partial charge on any atom is -0.451 e. The molecule has 0 heterocycles. The van der Waals surface area contributed by atoms with E-state index in [0.717, 1.165) is 0 Å². The molecule has 2 rings (SSSR count). The molecule has 4 heteroatoms. The quantitative estimate of drug-likeness (QED) is 0.630. The Morgan fingerprint density at radius 2 is 1.60 bits per heavy atom. The molecule has 0 amide bonds. The van der Waals surface area contributed by atoms with Crippen LogP contribution in [0.1, 0.15) is 27.6 Å². The smallest absolute Gasteiger partial charge is 0.339 e. The van der Waals surface area contributed by atoms with Crippen molar-refractivity contribution in [3.05, 3.63) is 70.2 Å². The first kappa shape index (κ1) is 14.5. The van der Waals surface area contributed by atoms with Gasteiger partial charge in [-0.1, -0.05) is 42.5 Å². The number of hydrogen-bond donors (Lipinski definition) is 0. The fourth-order valence-electron chi connectivity index (χ4n) is 1.74. The second-order valence-corrected chi connectivity index (χ2v) is 5.11. The van der Waals surface area contributed by atoms with Crippen molar-refractivity contribution in [2.75, 3.05) is 0 Å². The third-order valence-electron chi connectivity index (χ3n) is 2.81. The number of carbonyl (C=O) groups is 2. The molecule has 0 spiro atoms. The minimum absolute atomic E-state index is 0.217. The molecule has 0 bridgehead atoms. The molecule has 102 valence electrons. The van der Waals surface area contributed by atoms with Crippen molar-refractivity contribution in [1.82, 2.24) is 0 Å². The van der Waals surface area contributed by atoms with E-state index >= 15 is 0 Å². The lowest BCUT2D eigenvalue weighted by Crippen LogP contribution is -2.24. The highest BCUT2D eigenvalue weighted by atomic mass is 79.9. The van der Waals surface area contributed by atoms with Crippen molar-refractivity contribution in [3.63, 3.8) is 0 Å². The van der Waals surface area contributed by atoms with Crippen LogP contribution in [0.3, 0.4) is 0 Å². The van der Waals surface area contributed by atoms with Gasteiger partial charge in [0.2, 0.25) is 5.78 Å². The number of halogens is 1. The lowest BCUT2D eigenvalue weighted by molar-refractivity contribution is 0.0318. The molecule has 20 heavy (non-hydrogen) atoms. The number of esters is 1. The first-order chi connectivity index (χ1) is 9.59. The molecule has 0 aromatic heterocycles. The summed E-state index contributed by atoms with van der Waals surface area (Å²) >= 11 is 3.28. The highest BCUT2D eigenvalue weighted by Gasteiger charge is 2.21. The van der Waals surface area contributed by atoms with Crippen molar-refractivity contribution in [1.29, 1.82) is 0 Å². The van der Waals surface area contributed by atoms with Gasteiger partial charge in [0.15, 0.2) is 6.10 Å². The van der Waals surface area contributed by atoms with Crippen LogP contribution in [0.2, 0.25) is 0 Å². The molecule has 0 aliphatic heterocycles. The Labute approximate surface area is 125 Å². The molecule has 3 nitrogen and oxygen atoms in total. The van der Waals surface area contributed by atoms with Crippen LogP contribution in [0, 0.1) is 0 Å². The molecule has 1 unspecified atom stereocenters. The Kier molecular flexibility index (Phi) is 4.69. The predicted octanol–water partition coefficient (Wildman–Crippen LogP) is 3.88. The van der Waals surface area contributed by atoms with E-state index < -0.39 is 12.1 Å². The molecule has 0 aliphatic rings. The summed E-state index contributed by atoms with van der Waals surface area (Å²) in [7, 11) is 0. The van der Waals surface area contributed by atoms with Crippen LogP contribution in [-0.2, 0) is 4.74 Å². The second kappa shape index (κ2) is 6.48. The molecular weight excluding hydrogens is 320 g/mol. The zero-order chi connectivity index (χ0) is 14.5. The molecule has 1 atom stereocenters. The number of ether oxygens (including phenoxy) is 1. The Morgan fingerprint density at radius 1 is 1.00 bits per heavy atom. The monoisotopic (exact) mass is 332 g/mol. The van der Waals surface area contributed by atoms with Gasteiger partial charge < -0.3 is 4.74 Å². The van der Waals surface area contributed by atoms with E-state index in [1.807, 2.05) is 6.07 Å². The van der Waals surface area contributed by atoms with Gasteiger partial charge in [-0.2, -0.15) is 0 Å². The van der Waals surface area contributed by atoms with Crippen LogP contribution in [0.15, 0.2) is 59.1 Å². The normalized spacial score (nSPS) is 11.7. The van der Waals surface area contributed by atoms with Gasteiger partial charge >= 0.3 is 5.97 Å². The van der Waals surface area contributed by atoms with Gasteiger partial charge in [0, 0.05) is 10.0 Å². The summed E-state index contributed by atoms with van der Waals surface area (Å²) in [5.41, 5.74) is 0.931. The SMILES string of the molecule is CC(OC(=O)c1ccccc1Br)C(=O)c1ccccc1. The molecule has 2 aromatic carbocycles. The second-order valence-electron chi connectivity index (χ2n) is 4.26. The van der Waals surface area contributed by atoms with Crippen LogP contribution >= 0.6 is 15.9 Å². The third kappa shape index (κ3) is 3.33. The van der Waals surface area contributed by atoms with E-state index in [-0.39, 0.29) is 5.78 Å². The van der Waals surface area contributed by atoms with Gasteiger partial charge in [-0.05, 0) is 35.0 Å². The summed E-state index contributed by atoms with van der Waals surface area (Å²) in [5, 5.41) is 0. The van der Waals surface area contributed by atoms with Crippen molar-refractivity contribution in [2.45, 2.75) is 13.0 Å². The molecule has 0 aliphatic carbocycles. The zero-order valence-electron chi connectivity index (χ0n) is 10.9. The van der Waals surface area contributed by atoms with Gasteiger partial charge in [0.05, 0.1) is 5.56 Å². The standard InChI is InChI=1S/C16H13BrO3/c1-11(15(18)12-7-3-2-4-8-12)20-16(19)13-9-5-6-10-14(13)17/h2-11H,1H3. The van der Waals surface area contributed by atoms with Gasteiger partial charge in [-0.3, -0.25) is 4.79 Å². The Hall–Kier alpha value is -1.94. The summed E-state index contributed by atoms with van der Waals surface area (Å²) in [6, 6.07) is 15.7. The fraction of sp³-hybridized carbons (Fsp3) is 0.125. The topological polar surface area (TPSA) is 43.4 Å². The number of hydrogen-bond acceptors (Lipinski definition) is 3. The van der Waals surface area contributed by atoms with Gasteiger partial charge in [-0.25, -0.2) is 4.79 Å². The summed E-state index contributed by atoms with van der Waals surface area (Å²) in [4.78, 5) is 24.1. The molecule has 0 radical (unpaired) electrons. The molecule has 2 aromatic rings. The van der Waals surface area contributed by atoms with E-state index in [2.05, 4.69) is 15.9 Å². The average molecular weight is 333 g/mol. The van der Waals surface area contributed by atoms with Crippen LogP contribution in [-0.4, -0.2) is 17.9 Å². The number of benzene rings is 2. The molecule has 0 fully saturated rings. The maximum absolute atomic E-state index is 12.1. The number of Topliss-reactive ketones (excluding diaryl/α,β-unsaturated/α-hetero) is 1. The largest absolute Gasteiger partial charge is 0.451 e. The number of ketones is 1. The summed E-state index contributed by atoms with van der Waals surface area (Å²) in [5.74, 6) is -0.736. The van der Waals surface area contributed by atoms with E-state index in [1.54, 1.807) is 55.5 Å². The van der Waals surface area contributed by atoms with Crippen molar-refractivity contribution < 1.29 is 14.3 Å². The van der Waals surface area contributed by atoms with Crippen molar-refractivity contribution >= 4 is 27.7 Å². The first-order valence-corrected chi connectivity index (χ1v) is 6.93. The van der Waals surface area contributed by atoms with Crippen LogP contribution in [0.4, 0.5) is 0 Å². The summed E-state index contributed by atoms with van der Waals surface area (Å²) in [6.45, 7) is 1.57. The Balaban J connectivity index is 2.09. The first-order valence-electron chi connectivity index (χ1n) is 6.14. The summed E-state index contributed by atoms with van der Waals surface area (Å²) in [6.07, 6.45) is -0.822. The van der Waals surface area contributed by atoms with E-state index in [9.17, 15) is 9.59 Å². The fourth-order valence-corrected chi connectivity index (χ4v) is 2.19. The highest BCUT2D eigenvalue weighted by Crippen LogP contribution is 2.18. The zero-order valence-corrected chi connectivity index (χ0v) is 12.5. The van der Waals surface area contributed by atoms with Crippen molar-refractivity contribution in [3.8, 4) is 0 Å². The molecule has 0 saturated carbocycles. The predicted molar refractivity (Wildman–Crippen MR) is 79.8 cm³/mol. The molecule has 0 N–H and O–H groups in total. The number of rotatable bonds is 4. The number of carbonyl (C=O) groups excluding carboxylic acids is 2. The Morgan fingerprint density at radius 3 is 2.25 bits per heavy atom. The van der Waals surface area contributed by atoms with Crippen LogP contribution in [0.25, 0.3) is 0 Å². The molecule has 0 saturated heterocycles. The van der Waals surface area contributed by atoms with E-state index in [0.29, 0.717) is 15.6 Å². The third-order valence-corrected chi connectivity index (χ3v) is 3.50. The van der Waals surface area contributed by atoms with E-state index in [1.165, 1.54) is 0 Å². The lowest BCUT2D eigenvalue weighted by Gasteiger charge is -2.13. The van der Waals surface area contributed by atoms with Gasteiger partial charge in [0.1, 0.15) is 0 Å².